The minimum absolute atomic E-state index is 0.131. The number of alkyl halides is 1. The van der Waals surface area contributed by atoms with Crippen molar-refractivity contribution in [2.24, 2.45) is 0 Å². The molecule has 0 atom stereocenters. The van der Waals surface area contributed by atoms with Crippen LogP contribution in [0.4, 0.5) is 4.39 Å². The van der Waals surface area contributed by atoms with Crippen LogP contribution in [0.1, 0.15) is 12.5 Å². The first kappa shape index (κ1) is 15.6. The van der Waals surface area contributed by atoms with Gasteiger partial charge in [-0.15, -0.1) is 0 Å². The number of halogens is 2. The lowest BCUT2D eigenvalue weighted by Gasteiger charge is -2.09. The summed E-state index contributed by atoms with van der Waals surface area (Å²) in [5.74, 6) is 0. The van der Waals surface area contributed by atoms with Gasteiger partial charge in [0.15, 0.2) is 0 Å². The summed E-state index contributed by atoms with van der Waals surface area (Å²) in [4.78, 5) is 0.131. The van der Waals surface area contributed by atoms with Crippen molar-refractivity contribution in [3.63, 3.8) is 0 Å². The second kappa shape index (κ2) is 7.18. The summed E-state index contributed by atoms with van der Waals surface area (Å²) >= 11 is 3.19. The first-order chi connectivity index (χ1) is 8.51. The molecule has 0 spiro atoms. The van der Waals surface area contributed by atoms with Gasteiger partial charge in [-0.3, -0.25) is 0 Å². The summed E-state index contributed by atoms with van der Waals surface area (Å²) in [7, 11) is -3.67. The Kier molecular flexibility index (Phi) is 6.20. The molecule has 0 bridgehead atoms. The predicted octanol–water partition coefficient (Wildman–Crippen LogP) is 1.81. The van der Waals surface area contributed by atoms with E-state index in [1.165, 1.54) is 0 Å². The number of rotatable bonds is 7. The van der Waals surface area contributed by atoms with Crippen molar-refractivity contribution in [2.45, 2.75) is 18.4 Å². The summed E-state index contributed by atoms with van der Waals surface area (Å²) in [6.45, 7) is 2.42. The predicted molar refractivity (Wildman–Crippen MR) is 72.7 cm³/mol. The second-order valence-corrected chi connectivity index (χ2v) is 6.22. The fourth-order valence-electron chi connectivity index (χ4n) is 1.38. The van der Waals surface area contributed by atoms with Gasteiger partial charge in [0, 0.05) is 17.6 Å². The summed E-state index contributed by atoms with van der Waals surface area (Å²) in [6, 6.07) is 5.09. The highest BCUT2D eigenvalue weighted by atomic mass is 79.9. The van der Waals surface area contributed by atoms with Crippen molar-refractivity contribution < 1.29 is 12.8 Å². The zero-order chi connectivity index (χ0) is 13.6. The number of nitrogens with one attached hydrogen (secondary N) is 2. The summed E-state index contributed by atoms with van der Waals surface area (Å²) < 4.78 is 38.5. The van der Waals surface area contributed by atoms with E-state index in [2.05, 4.69) is 26.0 Å². The van der Waals surface area contributed by atoms with Crippen LogP contribution in [-0.2, 0) is 16.6 Å². The highest BCUT2D eigenvalue weighted by Crippen LogP contribution is 2.23. The molecule has 0 heterocycles. The fourth-order valence-corrected chi connectivity index (χ4v) is 3.40. The molecular weight excluding hydrogens is 323 g/mol. The third-order valence-electron chi connectivity index (χ3n) is 2.25. The van der Waals surface area contributed by atoms with Crippen molar-refractivity contribution >= 4 is 26.0 Å². The largest absolute Gasteiger partial charge is 0.313 e. The molecule has 7 heteroatoms. The average molecular weight is 339 g/mol. The second-order valence-electron chi connectivity index (χ2n) is 3.63. The summed E-state index contributed by atoms with van der Waals surface area (Å²) in [5, 5.41) is 3.12. The lowest BCUT2D eigenvalue weighted by molar-refractivity contribution is 0.486. The van der Waals surface area contributed by atoms with Crippen LogP contribution >= 0.6 is 15.9 Å². The molecule has 102 valence electrons. The fraction of sp³-hybridized carbons (Fsp3) is 0.455. The molecule has 4 nitrogen and oxygen atoms in total. The molecule has 1 rings (SSSR count). The van der Waals surface area contributed by atoms with Gasteiger partial charge < -0.3 is 5.32 Å². The maximum absolute atomic E-state index is 12.0. The van der Waals surface area contributed by atoms with Crippen LogP contribution < -0.4 is 10.0 Å². The third kappa shape index (κ3) is 4.31. The Morgan fingerprint density at radius 2 is 2.11 bits per heavy atom. The first-order valence-corrected chi connectivity index (χ1v) is 7.83. The van der Waals surface area contributed by atoms with E-state index < -0.39 is 16.7 Å². The van der Waals surface area contributed by atoms with Gasteiger partial charge in [-0.05, 0) is 40.2 Å². The van der Waals surface area contributed by atoms with Crippen LogP contribution in [0.2, 0.25) is 0 Å². The average Bonchev–Trinajstić information content (AvgIpc) is 2.35. The van der Waals surface area contributed by atoms with Gasteiger partial charge in [-0.25, -0.2) is 17.5 Å². The molecule has 0 radical (unpaired) electrons. The molecule has 18 heavy (non-hydrogen) atoms. The van der Waals surface area contributed by atoms with E-state index in [4.69, 9.17) is 0 Å². The van der Waals surface area contributed by atoms with E-state index >= 15 is 0 Å². The van der Waals surface area contributed by atoms with Crippen molar-refractivity contribution in [1.82, 2.24) is 10.0 Å². The zero-order valence-electron chi connectivity index (χ0n) is 10.0. The summed E-state index contributed by atoms with van der Waals surface area (Å²) in [6.07, 6.45) is 0. The van der Waals surface area contributed by atoms with Crippen LogP contribution in [-0.4, -0.2) is 28.2 Å². The Labute approximate surface area is 115 Å². The Hall–Kier alpha value is -0.500. The van der Waals surface area contributed by atoms with E-state index in [1.54, 1.807) is 12.1 Å². The molecule has 0 aliphatic rings. The van der Waals surface area contributed by atoms with Crippen LogP contribution in [0.15, 0.2) is 27.6 Å². The number of hydrogen-bond donors (Lipinski definition) is 2. The molecule has 1 aromatic rings. The first-order valence-electron chi connectivity index (χ1n) is 5.56. The molecular formula is C11H16BrFN2O2S. The zero-order valence-corrected chi connectivity index (χ0v) is 12.4. The van der Waals surface area contributed by atoms with Gasteiger partial charge in [-0.2, -0.15) is 0 Å². The minimum atomic E-state index is -3.67. The van der Waals surface area contributed by atoms with Gasteiger partial charge >= 0.3 is 0 Å². The van der Waals surface area contributed by atoms with E-state index in [0.717, 1.165) is 12.1 Å². The Balaban J connectivity index is 2.99. The molecule has 0 saturated carbocycles. The van der Waals surface area contributed by atoms with Gasteiger partial charge in [0.25, 0.3) is 0 Å². The van der Waals surface area contributed by atoms with Crippen LogP contribution in [0.5, 0.6) is 0 Å². The highest BCUT2D eigenvalue weighted by Gasteiger charge is 2.17. The van der Waals surface area contributed by atoms with Crippen molar-refractivity contribution in [2.75, 3.05) is 19.8 Å². The lowest BCUT2D eigenvalue weighted by Crippen LogP contribution is -2.26. The van der Waals surface area contributed by atoms with Crippen molar-refractivity contribution in [1.29, 1.82) is 0 Å². The lowest BCUT2D eigenvalue weighted by atomic mass is 10.2. The van der Waals surface area contributed by atoms with Crippen LogP contribution in [0.25, 0.3) is 0 Å². The molecule has 0 unspecified atom stereocenters. The molecule has 0 aliphatic heterocycles. The third-order valence-corrected chi connectivity index (χ3v) is 4.71. The quantitative estimate of drug-likeness (QED) is 0.797. The smallest absolute Gasteiger partial charge is 0.241 e. The Morgan fingerprint density at radius 1 is 1.39 bits per heavy atom. The van der Waals surface area contributed by atoms with Crippen LogP contribution in [0.3, 0.4) is 0 Å². The van der Waals surface area contributed by atoms with E-state index in [0.29, 0.717) is 11.0 Å². The van der Waals surface area contributed by atoms with Gasteiger partial charge in [0.05, 0.1) is 4.90 Å². The number of sulfonamides is 1. The van der Waals surface area contributed by atoms with Crippen LogP contribution in [0, 0.1) is 0 Å². The topological polar surface area (TPSA) is 58.2 Å². The summed E-state index contributed by atoms with van der Waals surface area (Å²) in [5.41, 5.74) is 0.862. The van der Waals surface area contributed by atoms with E-state index in [1.807, 2.05) is 13.0 Å². The maximum Gasteiger partial charge on any atom is 0.241 e. The SMILES string of the molecule is CCNCc1ccc(Br)c(S(=O)(=O)NCCF)c1. The van der Waals surface area contributed by atoms with Crippen molar-refractivity contribution in [3.8, 4) is 0 Å². The molecule has 0 aromatic heterocycles. The minimum Gasteiger partial charge on any atom is -0.313 e. The van der Waals surface area contributed by atoms with E-state index in [9.17, 15) is 12.8 Å². The van der Waals surface area contributed by atoms with Crippen molar-refractivity contribution in [3.05, 3.63) is 28.2 Å². The number of hydrogen-bond acceptors (Lipinski definition) is 3. The standard InChI is InChI=1S/C11H16BrFN2O2S/c1-2-14-8-9-3-4-10(12)11(7-9)18(16,17)15-6-5-13/h3-4,7,14-15H,2,5-6,8H2,1H3. The van der Waals surface area contributed by atoms with Gasteiger partial charge in [-0.1, -0.05) is 13.0 Å². The Morgan fingerprint density at radius 3 is 2.72 bits per heavy atom. The van der Waals surface area contributed by atoms with Gasteiger partial charge in [0.1, 0.15) is 6.67 Å². The Bertz CT molecular complexity index is 494. The molecule has 0 amide bonds. The number of benzene rings is 1. The van der Waals surface area contributed by atoms with E-state index in [-0.39, 0.29) is 11.4 Å². The highest BCUT2D eigenvalue weighted by molar-refractivity contribution is 9.10. The monoisotopic (exact) mass is 338 g/mol. The molecule has 1 aromatic carbocycles. The molecule has 0 fully saturated rings. The molecule has 2 N–H and O–H groups in total. The maximum atomic E-state index is 12.0. The van der Waals surface area contributed by atoms with Gasteiger partial charge in [0.2, 0.25) is 10.0 Å². The molecule has 0 aliphatic carbocycles. The normalized spacial score (nSPS) is 11.7. The molecule has 0 saturated heterocycles.